The molecule has 92 valence electrons. The van der Waals surface area contributed by atoms with Crippen molar-refractivity contribution in [1.82, 2.24) is 10.6 Å². The lowest BCUT2D eigenvalue weighted by Gasteiger charge is -2.31. The lowest BCUT2D eigenvalue weighted by Crippen LogP contribution is -2.45. The van der Waals surface area contributed by atoms with E-state index >= 15 is 0 Å². The molecule has 0 aliphatic carbocycles. The van der Waals surface area contributed by atoms with Crippen molar-refractivity contribution in [3.63, 3.8) is 0 Å². The van der Waals surface area contributed by atoms with Gasteiger partial charge < -0.3 is 10.6 Å². The maximum atomic E-state index is 3.62. The summed E-state index contributed by atoms with van der Waals surface area (Å²) < 4.78 is 0. The Balaban J connectivity index is 1.65. The van der Waals surface area contributed by atoms with E-state index in [1.807, 2.05) is 0 Å². The van der Waals surface area contributed by atoms with Gasteiger partial charge in [-0.05, 0) is 11.1 Å². The van der Waals surface area contributed by atoms with Crippen LogP contribution in [-0.4, -0.2) is 13.1 Å². The fourth-order valence-electron chi connectivity index (χ4n) is 2.51. The maximum absolute atomic E-state index is 3.62. The highest BCUT2D eigenvalue weighted by Gasteiger charge is 2.21. The van der Waals surface area contributed by atoms with Crippen molar-refractivity contribution in [2.24, 2.45) is 0 Å². The molecule has 2 nitrogen and oxygen atoms in total. The minimum Gasteiger partial charge on any atom is -0.307 e. The van der Waals surface area contributed by atoms with Crippen LogP contribution in [0, 0.1) is 0 Å². The van der Waals surface area contributed by atoms with E-state index in [1.165, 1.54) is 11.1 Å². The van der Waals surface area contributed by atoms with Gasteiger partial charge in [-0.1, -0.05) is 60.7 Å². The van der Waals surface area contributed by atoms with Gasteiger partial charge >= 0.3 is 0 Å². The second-order valence-electron chi connectivity index (χ2n) is 4.74. The van der Waals surface area contributed by atoms with Crippen molar-refractivity contribution >= 4 is 0 Å². The Labute approximate surface area is 108 Å². The molecular weight excluding hydrogens is 220 g/mol. The third-order valence-electron chi connectivity index (χ3n) is 3.54. The molecule has 18 heavy (non-hydrogen) atoms. The molecule has 3 rings (SSSR count). The van der Waals surface area contributed by atoms with Crippen LogP contribution in [0.1, 0.15) is 23.2 Å². The largest absolute Gasteiger partial charge is 0.307 e. The van der Waals surface area contributed by atoms with E-state index in [4.69, 9.17) is 0 Å². The normalized spacial score (nSPS) is 23.8. The monoisotopic (exact) mass is 238 g/mol. The van der Waals surface area contributed by atoms with Crippen LogP contribution in [0.2, 0.25) is 0 Å². The van der Waals surface area contributed by atoms with Gasteiger partial charge in [0.05, 0.1) is 0 Å². The highest BCUT2D eigenvalue weighted by Crippen LogP contribution is 2.20. The van der Waals surface area contributed by atoms with Gasteiger partial charge in [-0.25, -0.2) is 0 Å². The van der Waals surface area contributed by atoms with Crippen molar-refractivity contribution in [2.45, 2.75) is 12.1 Å². The molecule has 2 heteroatoms. The Morgan fingerprint density at radius 1 is 0.611 bits per heavy atom. The van der Waals surface area contributed by atoms with Crippen molar-refractivity contribution in [3.8, 4) is 0 Å². The van der Waals surface area contributed by atoms with Crippen LogP contribution in [0.5, 0.6) is 0 Å². The molecule has 0 amide bonds. The quantitative estimate of drug-likeness (QED) is 0.840. The molecule has 0 saturated carbocycles. The second kappa shape index (κ2) is 5.34. The van der Waals surface area contributed by atoms with Crippen LogP contribution < -0.4 is 10.6 Å². The SMILES string of the molecule is c1ccc([C@H]2CN[C@@H](c3ccccc3)CN2)cc1. The smallest absolute Gasteiger partial charge is 0.0447 e. The summed E-state index contributed by atoms with van der Waals surface area (Å²) >= 11 is 0. The zero-order valence-corrected chi connectivity index (χ0v) is 10.3. The number of hydrogen-bond acceptors (Lipinski definition) is 2. The van der Waals surface area contributed by atoms with Gasteiger partial charge in [0.15, 0.2) is 0 Å². The van der Waals surface area contributed by atoms with E-state index in [9.17, 15) is 0 Å². The van der Waals surface area contributed by atoms with Gasteiger partial charge in [-0.3, -0.25) is 0 Å². The molecule has 0 bridgehead atoms. The van der Waals surface area contributed by atoms with Crippen molar-refractivity contribution < 1.29 is 0 Å². The summed E-state index contributed by atoms with van der Waals surface area (Å²) in [4.78, 5) is 0. The molecule has 1 aliphatic heterocycles. The first-order chi connectivity index (χ1) is 8.93. The van der Waals surface area contributed by atoms with Crippen LogP contribution in [0.3, 0.4) is 0 Å². The lowest BCUT2D eigenvalue weighted by atomic mass is 10.00. The first kappa shape index (κ1) is 11.5. The van der Waals surface area contributed by atoms with E-state index in [0.29, 0.717) is 12.1 Å². The third-order valence-corrected chi connectivity index (χ3v) is 3.54. The van der Waals surface area contributed by atoms with Crippen LogP contribution in [0.15, 0.2) is 60.7 Å². The fourth-order valence-corrected chi connectivity index (χ4v) is 2.51. The summed E-state index contributed by atoms with van der Waals surface area (Å²) in [6.45, 7) is 1.95. The zero-order valence-electron chi connectivity index (χ0n) is 10.3. The maximum Gasteiger partial charge on any atom is 0.0447 e. The summed E-state index contributed by atoms with van der Waals surface area (Å²) in [5.74, 6) is 0. The van der Waals surface area contributed by atoms with E-state index in [-0.39, 0.29) is 0 Å². The number of piperazine rings is 1. The average molecular weight is 238 g/mol. The summed E-state index contributed by atoms with van der Waals surface area (Å²) in [5, 5.41) is 7.24. The molecule has 0 spiro atoms. The van der Waals surface area contributed by atoms with Gasteiger partial charge in [0.1, 0.15) is 0 Å². The Morgan fingerprint density at radius 2 is 1.00 bits per heavy atom. The van der Waals surface area contributed by atoms with E-state index in [2.05, 4.69) is 71.3 Å². The number of benzene rings is 2. The molecule has 2 aromatic rings. The van der Waals surface area contributed by atoms with E-state index in [0.717, 1.165) is 13.1 Å². The molecular formula is C16H18N2. The Morgan fingerprint density at radius 3 is 1.33 bits per heavy atom. The average Bonchev–Trinajstić information content (AvgIpc) is 2.49. The molecule has 2 atom stereocenters. The van der Waals surface area contributed by atoms with Crippen molar-refractivity contribution in [1.29, 1.82) is 0 Å². The predicted molar refractivity (Wildman–Crippen MR) is 74.4 cm³/mol. The third kappa shape index (κ3) is 2.45. The molecule has 2 N–H and O–H groups in total. The zero-order chi connectivity index (χ0) is 12.2. The number of hydrogen-bond donors (Lipinski definition) is 2. The van der Waals surface area contributed by atoms with Gasteiger partial charge in [-0.2, -0.15) is 0 Å². The highest BCUT2D eigenvalue weighted by molar-refractivity contribution is 5.23. The van der Waals surface area contributed by atoms with Gasteiger partial charge in [-0.15, -0.1) is 0 Å². The van der Waals surface area contributed by atoms with Crippen LogP contribution in [0.4, 0.5) is 0 Å². The minimum absolute atomic E-state index is 0.422. The first-order valence-electron chi connectivity index (χ1n) is 6.50. The molecule has 0 unspecified atom stereocenters. The predicted octanol–water partition coefficient (Wildman–Crippen LogP) is 2.66. The summed E-state index contributed by atoms with van der Waals surface area (Å²) in [6.07, 6.45) is 0. The van der Waals surface area contributed by atoms with Crippen molar-refractivity contribution in [2.75, 3.05) is 13.1 Å². The topological polar surface area (TPSA) is 24.1 Å². The highest BCUT2D eigenvalue weighted by atomic mass is 15.1. The summed E-state index contributed by atoms with van der Waals surface area (Å²) in [6, 6.07) is 22.1. The first-order valence-corrected chi connectivity index (χ1v) is 6.50. The number of rotatable bonds is 2. The molecule has 1 saturated heterocycles. The molecule has 1 aliphatic rings. The molecule has 0 radical (unpaired) electrons. The second-order valence-corrected chi connectivity index (χ2v) is 4.74. The molecule has 2 aromatic carbocycles. The van der Waals surface area contributed by atoms with Crippen LogP contribution in [0.25, 0.3) is 0 Å². The Bertz CT molecular complexity index is 425. The summed E-state index contributed by atoms with van der Waals surface area (Å²) in [7, 11) is 0. The van der Waals surface area contributed by atoms with Crippen LogP contribution in [-0.2, 0) is 0 Å². The van der Waals surface area contributed by atoms with Crippen molar-refractivity contribution in [3.05, 3.63) is 71.8 Å². The molecule has 0 aromatic heterocycles. The van der Waals surface area contributed by atoms with E-state index < -0.39 is 0 Å². The fraction of sp³-hybridized carbons (Fsp3) is 0.250. The standard InChI is InChI=1S/C16H18N2/c1-3-7-13(8-4-1)15-11-18-16(12-17-15)14-9-5-2-6-10-14/h1-10,15-18H,11-12H2/t15-,16-/m1/s1. The Kier molecular flexibility index (Phi) is 3.40. The molecule has 1 heterocycles. The van der Waals surface area contributed by atoms with Crippen LogP contribution >= 0.6 is 0 Å². The number of nitrogens with one attached hydrogen (secondary N) is 2. The van der Waals surface area contributed by atoms with Gasteiger partial charge in [0.2, 0.25) is 0 Å². The van der Waals surface area contributed by atoms with E-state index in [1.54, 1.807) is 0 Å². The lowest BCUT2D eigenvalue weighted by molar-refractivity contribution is 0.357. The van der Waals surface area contributed by atoms with Gasteiger partial charge in [0.25, 0.3) is 0 Å². The molecule has 1 fully saturated rings. The summed E-state index contributed by atoms with van der Waals surface area (Å²) in [5.41, 5.74) is 2.72. The Hall–Kier alpha value is -1.64. The van der Waals surface area contributed by atoms with Gasteiger partial charge in [0, 0.05) is 25.2 Å². The minimum atomic E-state index is 0.422.